The Morgan fingerprint density at radius 1 is 1.24 bits per heavy atom. The van der Waals surface area contributed by atoms with Gasteiger partial charge in [0.2, 0.25) is 0 Å². The summed E-state index contributed by atoms with van der Waals surface area (Å²) in [6, 6.07) is 9.79. The summed E-state index contributed by atoms with van der Waals surface area (Å²) in [5.41, 5.74) is 6.56. The van der Waals surface area contributed by atoms with E-state index in [1.807, 2.05) is 49.1 Å². The van der Waals surface area contributed by atoms with Crippen molar-refractivity contribution in [1.29, 1.82) is 0 Å². The fraction of sp³-hybridized carbons (Fsp3) is 0.462. The van der Waals surface area contributed by atoms with Crippen LogP contribution in [0.1, 0.15) is 13.8 Å². The van der Waals surface area contributed by atoms with Crippen molar-refractivity contribution in [3.63, 3.8) is 0 Å². The highest BCUT2D eigenvalue weighted by molar-refractivity contribution is 5.94. The first-order valence-electron chi connectivity index (χ1n) is 5.88. The van der Waals surface area contributed by atoms with E-state index in [2.05, 4.69) is 0 Å². The Morgan fingerprint density at radius 2 is 1.88 bits per heavy atom. The number of nitrogens with zero attached hydrogens (tertiary/aromatic N) is 2. The first-order chi connectivity index (χ1) is 7.97. The summed E-state index contributed by atoms with van der Waals surface area (Å²) in [7, 11) is 0. The van der Waals surface area contributed by atoms with E-state index in [0.717, 1.165) is 18.8 Å². The van der Waals surface area contributed by atoms with Crippen LogP contribution in [-0.2, 0) is 0 Å². The van der Waals surface area contributed by atoms with E-state index < -0.39 is 0 Å². The molecule has 1 aliphatic rings. The average Bonchev–Trinajstić information content (AvgIpc) is 2.60. The molecule has 0 bridgehead atoms. The third-order valence-electron chi connectivity index (χ3n) is 2.76. The van der Waals surface area contributed by atoms with Gasteiger partial charge >= 0.3 is 6.03 Å². The second-order valence-corrected chi connectivity index (χ2v) is 5.18. The maximum absolute atomic E-state index is 12.2. The SMILES string of the molecule is CC(C)(N)CN1CCN(c2ccccc2)C1=O. The molecule has 1 saturated heterocycles. The largest absolute Gasteiger partial charge is 0.324 e. The van der Waals surface area contributed by atoms with Gasteiger partial charge in [-0.3, -0.25) is 4.90 Å². The van der Waals surface area contributed by atoms with Crippen molar-refractivity contribution in [1.82, 2.24) is 4.90 Å². The van der Waals surface area contributed by atoms with E-state index >= 15 is 0 Å². The molecule has 1 heterocycles. The van der Waals surface area contributed by atoms with Crippen LogP contribution < -0.4 is 10.6 Å². The molecule has 0 saturated carbocycles. The summed E-state index contributed by atoms with van der Waals surface area (Å²) in [6.07, 6.45) is 0. The molecule has 1 fully saturated rings. The number of urea groups is 1. The van der Waals surface area contributed by atoms with Crippen LogP contribution in [0, 0.1) is 0 Å². The Balaban J connectivity index is 2.08. The number of rotatable bonds is 3. The van der Waals surface area contributed by atoms with Crippen LogP contribution in [0.3, 0.4) is 0 Å². The molecule has 1 aromatic carbocycles. The van der Waals surface area contributed by atoms with E-state index in [1.54, 1.807) is 4.90 Å². The fourth-order valence-electron chi connectivity index (χ4n) is 2.07. The maximum Gasteiger partial charge on any atom is 0.324 e. The third-order valence-corrected chi connectivity index (χ3v) is 2.76. The number of nitrogens with two attached hydrogens (primary N) is 1. The Bertz CT molecular complexity index is 397. The van der Waals surface area contributed by atoms with Crippen LogP contribution in [0.4, 0.5) is 10.5 Å². The van der Waals surface area contributed by atoms with Crippen molar-refractivity contribution in [2.24, 2.45) is 5.73 Å². The van der Waals surface area contributed by atoms with Gasteiger partial charge in [-0.15, -0.1) is 0 Å². The normalized spacial score (nSPS) is 16.8. The van der Waals surface area contributed by atoms with Crippen molar-refractivity contribution < 1.29 is 4.79 Å². The minimum absolute atomic E-state index is 0.0507. The molecule has 0 atom stereocenters. The number of amides is 2. The second-order valence-electron chi connectivity index (χ2n) is 5.18. The Morgan fingerprint density at radius 3 is 2.47 bits per heavy atom. The van der Waals surface area contributed by atoms with Crippen LogP contribution in [0.5, 0.6) is 0 Å². The zero-order valence-corrected chi connectivity index (χ0v) is 10.4. The van der Waals surface area contributed by atoms with Crippen molar-refractivity contribution in [3.05, 3.63) is 30.3 Å². The van der Waals surface area contributed by atoms with Crippen LogP contribution in [0.2, 0.25) is 0 Å². The summed E-state index contributed by atoms with van der Waals surface area (Å²) in [4.78, 5) is 15.8. The van der Waals surface area contributed by atoms with Gasteiger partial charge in [0.1, 0.15) is 0 Å². The lowest BCUT2D eigenvalue weighted by Gasteiger charge is -2.26. The van der Waals surface area contributed by atoms with Crippen LogP contribution >= 0.6 is 0 Å². The molecule has 17 heavy (non-hydrogen) atoms. The smallest absolute Gasteiger partial charge is 0.324 e. The molecular weight excluding hydrogens is 214 g/mol. The van der Waals surface area contributed by atoms with Gasteiger partial charge in [-0.1, -0.05) is 18.2 Å². The van der Waals surface area contributed by atoms with Crippen molar-refractivity contribution in [2.45, 2.75) is 19.4 Å². The number of hydrogen-bond donors (Lipinski definition) is 1. The molecule has 1 aromatic rings. The predicted molar refractivity (Wildman–Crippen MR) is 69.0 cm³/mol. The van der Waals surface area contributed by atoms with Crippen molar-refractivity contribution >= 4 is 11.7 Å². The highest BCUT2D eigenvalue weighted by atomic mass is 16.2. The maximum atomic E-state index is 12.2. The monoisotopic (exact) mass is 233 g/mol. The lowest BCUT2D eigenvalue weighted by atomic mass is 10.1. The molecule has 0 aliphatic carbocycles. The molecule has 2 amide bonds. The molecule has 92 valence electrons. The first kappa shape index (κ1) is 11.9. The summed E-state index contributed by atoms with van der Waals surface area (Å²) in [5.74, 6) is 0. The Kier molecular flexibility index (Phi) is 3.07. The summed E-state index contributed by atoms with van der Waals surface area (Å²) in [6.45, 7) is 5.94. The summed E-state index contributed by atoms with van der Waals surface area (Å²) in [5, 5.41) is 0. The molecule has 4 nitrogen and oxygen atoms in total. The highest BCUT2D eigenvalue weighted by Crippen LogP contribution is 2.20. The van der Waals surface area contributed by atoms with Gasteiger partial charge in [-0.2, -0.15) is 0 Å². The lowest BCUT2D eigenvalue weighted by Crippen LogP contribution is -2.46. The number of anilines is 1. The zero-order chi connectivity index (χ0) is 12.5. The van der Waals surface area contributed by atoms with Gasteiger partial charge < -0.3 is 10.6 Å². The minimum atomic E-state index is -0.345. The third kappa shape index (κ3) is 2.77. The summed E-state index contributed by atoms with van der Waals surface area (Å²) >= 11 is 0. The predicted octanol–water partition coefficient (Wildman–Crippen LogP) is 1.67. The van der Waals surface area contributed by atoms with Gasteiger partial charge in [0, 0.05) is 30.9 Å². The van der Waals surface area contributed by atoms with Gasteiger partial charge in [0.05, 0.1) is 0 Å². The zero-order valence-electron chi connectivity index (χ0n) is 10.4. The molecule has 0 unspecified atom stereocenters. The quantitative estimate of drug-likeness (QED) is 0.863. The highest BCUT2D eigenvalue weighted by Gasteiger charge is 2.31. The number of benzene rings is 1. The molecule has 0 radical (unpaired) electrons. The van der Waals surface area contributed by atoms with E-state index in [-0.39, 0.29) is 11.6 Å². The van der Waals surface area contributed by atoms with E-state index in [0.29, 0.717) is 6.54 Å². The molecule has 1 aliphatic heterocycles. The van der Waals surface area contributed by atoms with Gasteiger partial charge in [0.25, 0.3) is 0 Å². The number of carbonyl (C=O) groups excluding carboxylic acids is 1. The molecular formula is C13H19N3O. The van der Waals surface area contributed by atoms with Crippen LogP contribution in [0.15, 0.2) is 30.3 Å². The number of hydrogen-bond acceptors (Lipinski definition) is 2. The topological polar surface area (TPSA) is 49.6 Å². The fourth-order valence-corrected chi connectivity index (χ4v) is 2.07. The van der Waals surface area contributed by atoms with E-state index in [4.69, 9.17) is 5.73 Å². The number of para-hydroxylation sites is 1. The first-order valence-corrected chi connectivity index (χ1v) is 5.88. The molecule has 0 aromatic heterocycles. The second kappa shape index (κ2) is 4.37. The Hall–Kier alpha value is -1.55. The number of carbonyl (C=O) groups is 1. The molecule has 2 N–H and O–H groups in total. The van der Waals surface area contributed by atoms with E-state index in [1.165, 1.54) is 0 Å². The van der Waals surface area contributed by atoms with Crippen molar-refractivity contribution in [2.75, 3.05) is 24.5 Å². The van der Waals surface area contributed by atoms with Crippen LogP contribution in [0.25, 0.3) is 0 Å². The molecule has 2 rings (SSSR count). The standard InChI is InChI=1S/C13H19N3O/c1-13(2,14)10-15-8-9-16(12(15)17)11-6-4-3-5-7-11/h3-7H,8-10,14H2,1-2H3. The van der Waals surface area contributed by atoms with Gasteiger partial charge in [0.15, 0.2) is 0 Å². The summed E-state index contributed by atoms with van der Waals surface area (Å²) < 4.78 is 0. The average molecular weight is 233 g/mol. The lowest BCUT2D eigenvalue weighted by molar-refractivity contribution is 0.210. The minimum Gasteiger partial charge on any atom is -0.324 e. The van der Waals surface area contributed by atoms with E-state index in [9.17, 15) is 4.79 Å². The van der Waals surface area contributed by atoms with Gasteiger partial charge in [-0.05, 0) is 26.0 Å². The molecule has 0 spiro atoms. The van der Waals surface area contributed by atoms with Crippen LogP contribution in [-0.4, -0.2) is 36.1 Å². The van der Waals surface area contributed by atoms with Gasteiger partial charge in [-0.25, -0.2) is 4.79 Å². The molecule has 4 heteroatoms. The Labute approximate surface area is 102 Å². The van der Waals surface area contributed by atoms with Crippen molar-refractivity contribution in [3.8, 4) is 0 Å².